The highest BCUT2D eigenvalue weighted by molar-refractivity contribution is 7.92. The van der Waals surface area contributed by atoms with Crippen LogP contribution in [-0.4, -0.2) is 32.7 Å². The molecule has 2 aliphatic rings. The third kappa shape index (κ3) is 4.05. The Morgan fingerprint density at radius 3 is 2.75 bits per heavy atom. The molecule has 1 aromatic rings. The Hall–Kier alpha value is -1.67. The van der Waals surface area contributed by atoms with Crippen molar-refractivity contribution in [3.05, 3.63) is 24.0 Å². The molecule has 0 aromatic heterocycles. The van der Waals surface area contributed by atoms with E-state index in [4.69, 9.17) is 0 Å². The molecule has 1 saturated carbocycles. The number of hydrogen-bond acceptors (Lipinski definition) is 4. The van der Waals surface area contributed by atoms with E-state index in [1.54, 1.807) is 0 Å². The molecule has 1 aromatic carbocycles. The van der Waals surface area contributed by atoms with Crippen molar-refractivity contribution in [2.24, 2.45) is 5.92 Å². The van der Waals surface area contributed by atoms with Crippen molar-refractivity contribution in [3.63, 3.8) is 0 Å². The van der Waals surface area contributed by atoms with Crippen molar-refractivity contribution < 1.29 is 17.6 Å². The fraction of sp³-hybridized carbons (Fsp3) is 0.562. The van der Waals surface area contributed by atoms with E-state index in [2.05, 4.69) is 15.4 Å². The second kappa shape index (κ2) is 6.68. The normalized spacial score (nSPS) is 26.7. The molecule has 6 nitrogen and oxygen atoms in total. The molecule has 8 heteroatoms. The van der Waals surface area contributed by atoms with Gasteiger partial charge < -0.3 is 10.6 Å². The molecule has 1 aliphatic carbocycles. The molecule has 3 N–H and O–H groups in total. The van der Waals surface area contributed by atoms with Crippen molar-refractivity contribution in [2.45, 2.75) is 44.2 Å². The van der Waals surface area contributed by atoms with Gasteiger partial charge in [-0.25, -0.2) is 12.8 Å². The van der Waals surface area contributed by atoms with Gasteiger partial charge in [0.15, 0.2) is 0 Å². The van der Waals surface area contributed by atoms with Crippen LogP contribution in [-0.2, 0) is 14.8 Å². The number of fused-ring (bicyclic) bond motifs is 1. The molecule has 0 spiro atoms. The lowest BCUT2D eigenvalue weighted by Crippen LogP contribution is -2.39. The zero-order valence-electron chi connectivity index (χ0n) is 13.5. The zero-order valence-corrected chi connectivity index (χ0v) is 14.3. The Morgan fingerprint density at radius 2 is 2.04 bits per heavy atom. The van der Waals surface area contributed by atoms with Gasteiger partial charge in [0.2, 0.25) is 15.9 Å². The molecule has 3 rings (SSSR count). The lowest BCUT2D eigenvalue weighted by atomic mass is 9.85. The first-order valence-electron chi connectivity index (χ1n) is 8.16. The van der Waals surface area contributed by atoms with Gasteiger partial charge in [-0.15, -0.1) is 0 Å². The zero-order chi connectivity index (χ0) is 17.3. The van der Waals surface area contributed by atoms with Gasteiger partial charge in [-0.2, -0.15) is 0 Å². The Bertz CT molecular complexity index is 724. The summed E-state index contributed by atoms with van der Waals surface area (Å²) in [4.78, 5) is 12.4. The molecule has 0 bridgehead atoms. The van der Waals surface area contributed by atoms with Crippen LogP contribution < -0.4 is 15.4 Å². The molecular formula is C16H22FN3O3S. The van der Waals surface area contributed by atoms with E-state index in [0.717, 1.165) is 31.6 Å². The average Bonchev–Trinajstić information content (AvgIpc) is 2.93. The summed E-state index contributed by atoms with van der Waals surface area (Å²) in [6, 6.07) is 3.99. The van der Waals surface area contributed by atoms with Gasteiger partial charge in [0.05, 0.1) is 18.0 Å². The number of sulfonamides is 1. The summed E-state index contributed by atoms with van der Waals surface area (Å²) in [5, 5.41) is 6.12. The number of carbonyl (C=O) groups excluding carboxylic acids is 1. The molecule has 1 amide bonds. The molecule has 2 fully saturated rings. The van der Waals surface area contributed by atoms with E-state index in [9.17, 15) is 17.6 Å². The van der Waals surface area contributed by atoms with Crippen LogP contribution in [0.2, 0.25) is 0 Å². The summed E-state index contributed by atoms with van der Waals surface area (Å²) in [5.41, 5.74) is 0.188. The summed E-state index contributed by atoms with van der Waals surface area (Å²) < 4.78 is 38.3. The van der Waals surface area contributed by atoms with Crippen LogP contribution in [0.5, 0.6) is 0 Å². The first-order valence-corrected chi connectivity index (χ1v) is 10.1. The van der Waals surface area contributed by atoms with Gasteiger partial charge in [-0.1, -0.05) is 12.8 Å². The quantitative estimate of drug-likeness (QED) is 0.771. The van der Waals surface area contributed by atoms with Crippen molar-refractivity contribution in [1.82, 2.24) is 5.32 Å². The second-order valence-corrected chi connectivity index (χ2v) is 8.41. The van der Waals surface area contributed by atoms with Crippen LogP contribution in [0.4, 0.5) is 15.8 Å². The maximum absolute atomic E-state index is 13.7. The summed E-state index contributed by atoms with van der Waals surface area (Å²) in [5.74, 6) is -0.310. The fourth-order valence-corrected chi connectivity index (χ4v) is 4.19. The van der Waals surface area contributed by atoms with Crippen LogP contribution in [0.1, 0.15) is 32.1 Å². The Kier molecular flexibility index (Phi) is 4.78. The molecule has 24 heavy (non-hydrogen) atoms. The van der Waals surface area contributed by atoms with E-state index >= 15 is 0 Å². The SMILES string of the molecule is CS(=O)(=O)Nc1cc(NC(=O)C2CC3CCCCC3N2)ccc1F. The molecule has 132 valence electrons. The highest BCUT2D eigenvalue weighted by Crippen LogP contribution is 2.33. The predicted octanol–water partition coefficient (Wildman–Crippen LogP) is 2.06. The monoisotopic (exact) mass is 355 g/mol. The van der Waals surface area contributed by atoms with Crippen molar-refractivity contribution in [3.8, 4) is 0 Å². The van der Waals surface area contributed by atoms with Crippen molar-refractivity contribution >= 4 is 27.3 Å². The van der Waals surface area contributed by atoms with Crippen LogP contribution in [0, 0.1) is 11.7 Å². The van der Waals surface area contributed by atoms with Gasteiger partial charge in [-0.3, -0.25) is 9.52 Å². The Balaban J connectivity index is 1.67. The Morgan fingerprint density at radius 1 is 1.29 bits per heavy atom. The van der Waals surface area contributed by atoms with E-state index in [1.807, 2.05) is 0 Å². The first kappa shape index (κ1) is 17.2. The van der Waals surface area contributed by atoms with Gasteiger partial charge in [0.25, 0.3) is 0 Å². The van der Waals surface area contributed by atoms with Crippen LogP contribution >= 0.6 is 0 Å². The summed E-state index contributed by atoms with van der Waals surface area (Å²) in [6.07, 6.45) is 6.43. The fourth-order valence-electron chi connectivity index (χ4n) is 3.63. The van der Waals surface area contributed by atoms with E-state index in [-0.39, 0.29) is 17.6 Å². The number of nitrogens with one attached hydrogen (secondary N) is 3. The number of rotatable bonds is 4. The Labute approximate surface area is 141 Å². The predicted molar refractivity (Wildman–Crippen MR) is 90.8 cm³/mol. The van der Waals surface area contributed by atoms with Crippen LogP contribution in [0.3, 0.4) is 0 Å². The van der Waals surface area contributed by atoms with E-state index in [0.29, 0.717) is 17.6 Å². The minimum absolute atomic E-state index is 0.165. The van der Waals surface area contributed by atoms with Crippen LogP contribution in [0.25, 0.3) is 0 Å². The van der Waals surface area contributed by atoms with Crippen molar-refractivity contribution in [2.75, 3.05) is 16.3 Å². The van der Waals surface area contributed by atoms with Gasteiger partial charge in [0, 0.05) is 11.7 Å². The summed E-state index contributed by atoms with van der Waals surface area (Å²) in [7, 11) is -3.59. The molecule has 1 heterocycles. The topological polar surface area (TPSA) is 87.3 Å². The highest BCUT2D eigenvalue weighted by atomic mass is 32.2. The number of amides is 1. The highest BCUT2D eigenvalue weighted by Gasteiger charge is 2.38. The number of hydrogen-bond donors (Lipinski definition) is 3. The molecule has 1 aliphatic heterocycles. The standard InChI is InChI=1S/C16H22FN3O3S/c1-24(22,23)20-14-9-11(6-7-12(14)17)18-16(21)15-8-10-4-2-3-5-13(10)19-15/h6-7,9-10,13,15,19-20H,2-5,8H2,1H3,(H,18,21). The molecular weight excluding hydrogens is 333 g/mol. The minimum Gasteiger partial charge on any atom is -0.325 e. The molecule has 3 unspecified atom stereocenters. The summed E-state index contributed by atoms with van der Waals surface area (Å²) in [6.45, 7) is 0. The first-order chi connectivity index (χ1) is 11.3. The third-order valence-corrected chi connectivity index (χ3v) is 5.30. The summed E-state index contributed by atoms with van der Waals surface area (Å²) >= 11 is 0. The maximum atomic E-state index is 13.7. The number of benzene rings is 1. The van der Waals surface area contributed by atoms with Crippen LogP contribution in [0.15, 0.2) is 18.2 Å². The number of halogens is 1. The van der Waals surface area contributed by atoms with Gasteiger partial charge >= 0.3 is 0 Å². The molecule has 0 radical (unpaired) electrons. The largest absolute Gasteiger partial charge is 0.325 e. The second-order valence-electron chi connectivity index (χ2n) is 6.66. The lowest BCUT2D eigenvalue weighted by molar-refractivity contribution is -0.117. The number of carbonyl (C=O) groups is 1. The van der Waals surface area contributed by atoms with Gasteiger partial charge in [-0.05, 0) is 43.4 Å². The van der Waals surface area contributed by atoms with Crippen molar-refractivity contribution in [1.29, 1.82) is 0 Å². The lowest BCUT2D eigenvalue weighted by Gasteiger charge is -2.24. The van der Waals surface area contributed by atoms with E-state index < -0.39 is 15.8 Å². The van der Waals surface area contributed by atoms with Gasteiger partial charge in [0.1, 0.15) is 5.82 Å². The molecule has 1 saturated heterocycles. The molecule has 3 atom stereocenters. The smallest absolute Gasteiger partial charge is 0.241 e. The number of anilines is 2. The maximum Gasteiger partial charge on any atom is 0.241 e. The average molecular weight is 355 g/mol. The minimum atomic E-state index is -3.59. The van der Waals surface area contributed by atoms with E-state index in [1.165, 1.54) is 25.0 Å². The third-order valence-electron chi connectivity index (χ3n) is 4.71.